The number of hydrogen-bond acceptors (Lipinski definition) is 6. The first-order valence-corrected chi connectivity index (χ1v) is 9.20. The minimum absolute atomic E-state index is 0.0242. The number of hydrogen-bond donors (Lipinski definition) is 0. The summed E-state index contributed by atoms with van der Waals surface area (Å²) < 4.78 is 45.3. The van der Waals surface area contributed by atoms with Gasteiger partial charge in [-0.2, -0.15) is 13.2 Å². The van der Waals surface area contributed by atoms with Gasteiger partial charge in [0, 0.05) is 17.7 Å². The standard InChI is InChI=1S/C21H19F3N2O5/c1-3-5-18(15-8-11-19(26(28)29)17(22)13-15)25-31-20(27)14-6-9-16(10-7-14)30-21(23,24)12-4-2/h4,6-13H,3,5H2,1-2H3/b12-4+,25-18+. The van der Waals surface area contributed by atoms with E-state index in [-0.39, 0.29) is 22.6 Å². The molecule has 0 unspecified atom stereocenters. The number of carbonyl (C=O) groups is 1. The molecule has 2 aromatic carbocycles. The van der Waals surface area contributed by atoms with Gasteiger partial charge in [-0.25, -0.2) is 4.79 Å². The second kappa shape index (κ2) is 10.4. The summed E-state index contributed by atoms with van der Waals surface area (Å²) in [5.74, 6) is -2.07. The summed E-state index contributed by atoms with van der Waals surface area (Å²) in [6.45, 7) is 3.25. The summed E-state index contributed by atoms with van der Waals surface area (Å²) >= 11 is 0. The molecule has 2 aromatic rings. The molecule has 0 aromatic heterocycles. The SMILES string of the molecule is C/C=C/C(F)(F)Oc1ccc(C(=O)O/N=C(\CCC)c2ccc([N+](=O)[O-])c(F)c2)cc1. The van der Waals surface area contributed by atoms with Crippen molar-refractivity contribution in [3.63, 3.8) is 0 Å². The van der Waals surface area contributed by atoms with E-state index in [0.717, 1.165) is 18.2 Å². The van der Waals surface area contributed by atoms with Crippen LogP contribution in [0.2, 0.25) is 0 Å². The zero-order valence-electron chi connectivity index (χ0n) is 16.7. The Morgan fingerprint density at radius 2 is 1.84 bits per heavy atom. The lowest BCUT2D eigenvalue weighted by molar-refractivity contribution is -0.387. The molecule has 0 N–H and O–H groups in total. The van der Waals surface area contributed by atoms with Gasteiger partial charge in [0.25, 0.3) is 0 Å². The van der Waals surface area contributed by atoms with Gasteiger partial charge in [-0.1, -0.05) is 24.6 Å². The Hall–Kier alpha value is -3.69. The van der Waals surface area contributed by atoms with Crippen molar-refractivity contribution < 1.29 is 32.5 Å². The molecule has 0 bridgehead atoms. The van der Waals surface area contributed by atoms with Crippen LogP contribution in [0.25, 0.3) is 0 Å². The molecule has 0 saturated heterocycles. The second-order valence-electron chi connectivity index (χ2n) is 6.28. The fraction of sp³-hybridized carbons (Fsp3) is 0.238. The van der Waals surface area contributed by atoms with Crippen LogP contribution < -0.4 is 4.74 Å². The highest BCUT2D eigenvalue weighted by Gasteiger charge is 2.27. The summed E-state index contributed by atoms with van der Waals surface area (Å²) in [6, 6.07) is 8.05. The zero-order chi connectivity index (χ0) is 23.0. The van der Waals surface area contributed by atoms with Gasteiger partial charge < -0.3 is 9.57 Å². The van der Waals surface area contributed by atoms with E-state index in [1.54, 1.807) is 0 Å². The first-order valence-electron chi connectivity index (χ1n) is 9.20. The number of nitro benzene ring substituents is 1. The van der Waals surface area contributed by atoms with Crippen LogP contribution in [0, 0.1) is 15.9 Å². The molecule has 0 amide bonds. The minimum Gasteiger partial charge on any atom is -0.429 e. The van der Waals surface area contributed by atoms with Crippen LogP contribution in [0.1, 0.15) is 42.6 Å². The number of benzene rings is 2. The van der Waals surface area contributed by atoms with Crippen LogP contribution >= 0.6 is 0 Å². The molecule has 0 radical (unpaired) electrons. The fourth-order valence-corrected chi connectivity index (χ4v) is 2.51. The van der Waals surface area contributed by atoms with Crippen LogP contribution in [-0.4, -0.2) is 22.7 Å². The van der Waals surface area contributed by atoms with Gasteiger partial charge in [0.05, 0.1) is 16.2 Å². The van der Waals surface area contributed by atoms with Gasteiger partial charge in [0.2, 0.25) is 5.82 Å². The number of halogens is 3. The molecule has 0 fully saturated rings. The van der Waals surface area contributed by atoms with E-state index in [9.17, 15) is 28.1 Å². The maximum Gasteiger partial charge on any atom is 0.419 e. The largest absolute Gasteiger partial charge is 0.429 e. The molecule has 0 saturated carbocycles. The van der Waals surface area contributed by atoms with Crippen molar-refractivity contribution in [2.45, 2.75) is 32.8 Å². The number of oxime groups is 1. The molecule has 0 aliphatic rings. The Bertz CT molecular complexity index is 1000. The highest BCUT2D eigenvalue weighted by molar-refractivity contribution is 6.01. The third-order valence-electron chi connectivity index (χ3n) is 3.91. The average Bonchev–Trinajstić information content (AvgIpc) is 2.70. The van der Waals surface area contributed by atoms with E-state index in [1.807, 2.05) is 6.92 Å². The van der Waals surface area contributed by atoms with Crippen LogP contribution in [0.4, 0.5) is 18.9 Å². The molecule has 0 heterocycles. The van der Waals surface area contributed by atoms with Gasteiger partial charge in [0.15, 0.2) is 0 Å². The lowest BCUT2D eigenvalue weighted by Gasteiger charge is -2.14. The van der Waals surface area contributed by atoms with Gasteiger partial charge in [0.1, 0.15) is 5.75 Å². The molecule has 0 aliphatic heterocycles. The zero-order valence-corrected chi connectivity index (χ0v) is 16.7. The number of ether oxygens (including phenoxy) is 1. The fourth-order valence-electron chi connectivity index (χ4n) is 2.51. The highest BCUT2D eigenvalue weighted by Crippen LogP contribution is 2.24. The second-order valence-corrected chi connectivity index (χ2v) is 6.28. The first kappa shape index (κ1) is 23.6. The van der Waals surface area contributed by atoms with E-state index in [1.165, 1.54) is 37.3 Å². The monoisotopic (exact) mass is 436 g/mol. The molecular weight excluding hydrogens is 417 g/mol. The molecule has 2 rings (SSSR count). The number of rotatable bonds is 9. The lowest BCUT2D eigenvalue weighted by Crippen LogP contribution is -2.21. The van der Waals surface area contributed by atoms with Crippen molar-refractivity contribution >= 4 is 17.4 Å². The van der Waals surface area contributed by atoms with E-state index in [2.05, 4.69) is 9.89 Å². The van der Waals surface area contributed by atoms with Crippen LogP contribution in [-0.2, 0) is 4.84 Å². The predicted octanol–water partition coefficient (Wildman–Crippen LogP) is 5.64. The van der Waals surface area contributed by atoms with E-state index in [0.29, 0.717) is 18.9 Å². The maximum absolute atomic E-state index is 13.9. The quantitative estimate of drug-likeness (QED) is 0.167. The van der Waals surface area contributed by atoms with Crippen molar-refractivity contribution in [1.82, 2.24) is 0 Å². The maximum atomic E-state index is 13.9. The molecule has 0 atom stereocenters. The molecule has 164 valence electrons. The average molecular weight is 436 g/mol. The lowest BCUT2D eigenvalue weighted by atomic mass is 10.1. The van der Waals surface area contributed by atoms with Crippen molar-refractivity contribution in [3.8, 4) is 5.75 Å². The predicted molar refractivity (Wildman–Crippen MR) is 107 cm³/mol. The van der Waals surface area contributed by atoms with Crippen LogP contribution in [0.5, 0.6) is 5.75 Å². The number of allylic oxidation sites excluding steroid dienone is 1. The molecule has 10 heteroatoms. The van der Waals surface area contributed by atoms with Crippen molar-refractivity contribution in [2.75, 3.05) is 0 Å². The topological polar surface area (TPSA) is 91.0 Å². The van der Waals surface area contributed by atoms with Gasteiger partial charge >= 0.3 is 17.8 Å². The Morgan fingerprint density at radius 1 is 1.19 bits per heavy atom. The first-order chi connectivity index (χ1) is 14.7. The van der Waals surface area contributed by atoms with E-state index < -0.39 is 28.5 Å². The van der Waals surface area contributed by atoms with E-state index >= 15 is 0 Å². The molecular formula is C21H19F3N2O5. The Labute approximate surface area is 175 Å². The van der Waals surface area contributed by atoms with Crippen molar-refractivity contribution in [1.29, 1.82) is 0 Å². The summed E-state index contributed by atoms with van der Waals surface area (Å²) in [4.78, 5) is 27.0. The highest BCUT2D eigenvalue weighted by atomic mass is 19.3. The van der Waals surface area contributed by atoms with Crippen LogP contribution in [0.15, 0.2) is 59.8 Å². The van der Waals surface area contributed by atoms with Gasteiger partial charge in [-0.05, 0) is 49.7 Å². The van der Waals surface area contributed by atoms with Crippen molar-refractivity contribution in [2.24, 2.45) is 5.16 Å². The molecule has 31 heavy (non-hydrogen) atoms. The van der Waals surface area contributed by atoms with E-state index in [4.69, 9.17) is 4.84 Å². The number of alkyl halides is 2. The van der Waals surface area contributed by atoms with Crippen LogP contribution in [0.3, 0.4) is 0 Å². The summed E-state index contributed by atoms with van der Waals surface area (Å²) in [7, 11) is 0. The molecule has 0 aliphatic carbocycles. The summed E-state index contributed by atoms with van der Waals surface area (Å²) in [6.07, 6.45) is -0.858. The molecule has 0 spiro atoms. The third-order valence-corrected chi connectivity index (χ3v) is 3.91. The molecule has 7 nitrogen and oxygen atoms in total. The number of nitrogens with zero attached hydrogens (tertiary/aromatic N) is 2. The minimum atomic E-state index is -3.49. The number of carbonyl (C=O) groups excluding carboxylic acids is 1. The Balaban J connectivity index is 2.15. The third kappa shape index (κ3) is 6.66. The Kier molecular flexibility index (Phi) is 7.89. The smallest absolute Gasteiger partial charge is 0.419 e. The normalized spacial score (nSPS) is 12.1. The summed E-state index contributed by atoms with van der Waals surface area (Å²) in [5, 5.41) is 14.5. The van der Waals surface area contributed by atoms with Gasteiger partial charge in [-0.15, -0.1) is 0 Å². The number of nitro groups is 1. The summed E-state index contributed by atoms with van der Waals surface area (Å²) in [5.41, 5.74) is -0.210. The Morgan fingerprint density at radius 3 is 2.39 bits per heavy atom. The van der Waals surface area contributed by atoms with Gasteiger partial charge in [-0.3, -0.25) is 10.1 Å². The van der Waals surface area contributed by atoms with Crippen molar-refractivity contribution in [3.05, 3.63) is 81.7 Å².